The van der Waals surface area contributed by atoms with Crippen molar-refractivity contribution in [1.29, 1.82) is 0 Å². The number of aliphatic hydroxyl groups is 1. The van der Waals surface area contributed by atoms with E-state index in [4.69, 9.17) is 14.2 Å². The molecule has 1 amide bonds. The molecule has 1 fully saturated rings. The van der Waals surface area contributed by atoms with Crippen LogP contribution >= 0.6 is 11.3 Å². The number of amides is 1. The summed E-state index contributed by atoms with van der Waals surface area (Å²) in [6.45, 7) is 2.87. The van der Waals surface area contributed by atoms with Crippen molar-refractivity contribution in [1.82, 2.24) is 4.90 Å². The van der Waals surface area contributed by atoms with Gasteiger partial charge in [0, 0.05) is 30.7 Å². The third kappa shape index (κ3) is 3.38. The van der Waals surface area contributed by atoms with E-state index in [0.29, 0.717) is 36.6 Å². The number of benzene rings is 1. The molecule has 1 unspecified atom stereocenters. The number of methoxy groups -OCH3 is 1. The van der Waals surface area contributed by atoms with Crippen LogP contribution in [0.15, 0.2) is 35.2 Å². The maximum atomic E-state index is 12.9. The van der Waals surface area contributed by atoms with Crippen molar-refractivity contribution in [2.45, 2.75) is 19.4 Å². The van der Waals surface area contributed by atoms with Crippen LogP contribution in [-0.4, -0.2) is 48.8 Å². The first-order chi connectivity index (χ1) is 14.0. The lowest BCUT2D eigenvalue weighted by molar-refractivity contribution is -0.140. The van der Waals surface area contributed by atoms with Gasteiger partial charge in [-0.2, -0.15) is 0 Å². The predicted molar refractivity (Wildman–Crippen MR) is 107 cm³/mol. The third-order valence-corrected chi connectivity index (χ3v) is 6.15. The molecule has 2 aliphatic rings. The lowest BCUT2D eigenvalue weighted by Crippen LogP contribution is -2.31. The van der Waals surface area contributed by atoms with E-state index in [1.807, 2.05) is 18.4 Å². The van der Waals surface area contributed by atoms with Crippen LogP contribution in [0.1, 0.15) is 28.5 Å². The summed E-state index contributed by atoms with van der Waals surface area (Å²) >= 11 is 1.46. The number of ether oxygens (including phenoxy) is 3. The average molecular weight is 415 g/mol. The first kappa shape index (κ1) is 19.5. The Morgan fingerprint density at radius 3 is 2.79 bits per heavy atom. The molecule has 3 heterocycles. The molecule has 8 heteroatoms. The summed E-state index contributed by atoms with van der Waals surface area (Å²) in [5.41, 5.74) is 1.47. The van der Waals surface area contributed by atoms with Gasteiger partial charge in [-0.3, -0.25) is 9.59 Å². The molecule has 0 aliphatic carbocycles. The molecule has 0 saturated carbocycles. The van der Waals surface area contributed by atoms with Gasteiger partial charge in [0.1, 0.15) is 5.76 Å². The van der Waals surface area contributed by atoms with E-state index in [2.05, 4.69) is 0 Å². The number of hydrogen-bond donors (Lipinski definition) is 1. The smallest absolute Gasteiger partial charge is 0.295 e. The molecular formula is C21H21NO6S. The molecule has 1 aromatic heterocycles. The number of carbonyl (C=O) groups excluding carboxylic acids is 2. The van der Waals surface area contributed by atoms with Gasteiger partial charge < -0.3 is 24.2 Å². The van der Waals surface area contributed by atoms with Gasteiger partial charge in [-0.1, -0.05) is 0 Å². The Morgan fingerprint density at radius 1 is 1.28 bits per heavy atom. The van der Waals surface area contributed by atoms with E-state index >= 15 is 0 Å². The minimum absolute atomic E-state index is 0.0943. The van der Waals surface area contributed by atoms with E-state index in [1.165, 1.54) is 16.2 Å². The van der Waals surface area contributed by atoms with Gasteiger partial charge in [-0.15, -0.1) is 11.3 Å². The topological polar surface area (TPSA) is 85.3 Å². The highest BCUT2D eigenvalue weighted by Gasteiger charge is 2.46. The number of fused-ring (bicyclic) bond motifs is 1. The van der Waals surface area contributed by atoms with Crippen LogP contribution in [0, 0.1) is 6.92 Å². The zero-order valence-electron chi connectivity index (χ0n) is 16.1. The largest absolute Gasteiger partial charge is 0.507 e. The van der Waals surface area contributed by atoms with Crippen molar-refractivity contribution in [3.05, 3.63) is 51.2 Å². The van der Waals surface area contributed by atoms with Gasteiger partial charge >= 0.3 is 0 Å². The summed E-state index contributed by atoms with van der Waals surface area (Å²) in [5.74, 6) is -0.440. The molecule has 29 heavy (non-hydrogen) atoms. The molecule has 1 N–H and O–H groups in total. The van der Waals surface area contributed by atoms with Crippen LogP contribution in [0.3, 0.4) is 0 Å². The summed E-state index contributed by atoms with van der Waals surface area (Å²) in [5, 5.41) is 13.0. The van der Waals surface area contributed by atoms with E-state index in [1.54, 1.807) is 25.3 Å². The Labute approximate surface area is 172 Å². The van der Waals surface area contributed by atoms with Gasteiger partial charge in [0.15, 0.2) is 11.5 Å². The Hall–Kier alpha value is -2.84. The SMILES string of the molecule is COCCCN1C(=O)C(=O)/C(=C(\O)c2ccc3c(c2)OCO3)C1c1sccc1C. The number of aryl methyl sites for hydroxylation is 1. The lowest BCUT2D eigenvalue weighted by atomic mass is 9.98. The summed E-state index contributed by atoms with van der Waals surface area (Å²) in [6.07, 6.45) is 0.592. The van der Waals surface area contributed by atoms with Crippen molar-refractivity contribution in [2.75, 3.05) is 27.1 Å². The molecule has 4 rings (SSSR count). The predicted octanol–water partition coefficient (Wildman–Crippen LogP) is 3.24. The molecule has 0 bridgehead atoms. The normalized spacial score (nSPS) is 19.9. The second-order valence-corrected chi connectivity index (χ2v) is 7.82. The number of aliphatic hydroxyl groups excluding tert-OH is 1. The van der Waals surface area contributed by atoms with Crippen LogP contribution in [0.25, 0.3) is 5.76 Å². The molecule has 1 atom stereocenters. The number of nitrogens with zero attached hydrogens (tertiary/aromatic N) is 1. The third-order valence-electron chi connectivity index (χ3n) is 5.08. The van der Waals surface area contributed by atoms with Gasteiger partial charge in [-0.05, 0) is 48.6 Å². The fourth-order valence-electron chi connectivity index (χ4n) is 3.63. The van der Waals surface area contributed by atoms with Crippen LogP contribution in [-0.2, 0) is 14.3 Å². The summed E-state index contributed by atoms with van der Waals surface area (Å²) < 4.78 is 15.8. The molecular weight excluding hydrogens is 394 g/mol. The van der Waals surface area contributed by atoms with Crippen molar-refractivity contribution >= 4 is 28.8 Å². The van der Waals surface area contributed by atoms with Crippen LogP contribution in [0.5, 0.6) is 11.5 Å². The molecule has 7 nitrogen and oxygen atoms in total. The zero-order valence-corrected chi connectivity index (χ0v) is 17.0. The summed E-state index contributed by atoms with van der Waals surface area (Å²) in [6, 6.07) is 6.26. The standard InChI is InChI=1S/C21H21NO6S/c1-12-6-9-29-20(12)17-16(19(24)21(25)22(17)7-3-8-26-2)18(23)13-4-5-14-15(10-13)28-11-27-14/h4-6,9-10,17,23H,3,7-8,11H2,1-2H3/b18-16-. The number of rotatable bonds is 6. The highest BCUT2D eigenvalue weighted by Crippen LogP contribution is 2.43. The maximum Gasteiger partial charge on any atom is 0.295 e. The van der Waals surface area contributed by atoms with Crippen molar-refractivity contribution in [3.63, 3.8) is 0 Å². The van der Waals surface area contributed by atoms with Gasteiger partial charge in [-0.25, -0.2) is 0 Å². The summed E-state index contributed by atoms with van der Waals surface area (Å²) in [4.78, 5) is 28.1. The second-order valence-electron chi connectivity index (χ2n) is 6.87. The number of thiophene rings is 1. The first-order valence-electron chi connectivity index (χ1n) is 9.24. The minimum atomic E-state index is -0.685. The number of likely N-dealkylation sites (tertiary alicyclic amines) is 1. The number of ketones is 1. The van der Waals surface area contributed by atoms with Crippen LogP contribution in [0.4, 0.5) is 0 Å². The van der Waals surface area contributed by atoms with Crippen molar-refractivity contribution in [3.8, 4) is 11.5 Å². The van der Waals surface area contributed by atoms with Crippen molar-refractivity contribution < 1.29 is 28.9 Å². The number of carbonyl (C=O) groups is 2. The van der Waals surface area contributed by atoms with E-state index in [9.17, 15) is 14.7 Å². The number of hydrogen-bond acceptors (Lipinski definition) is 7. The van der Waals surface area contributed by atoms with Gasteiger partial charge in [0.2, 0.25) is 6.79 Å². The lowest BCUT2D eigenvalue weighted by Gasteiger charge is -2.24. The molecule has 2 aromatic rings. The Balaban J connectivity index is 1.80. The van der Waals surface area contributed by atoms with Crippen molar-refractivity contribution in [2.24, 2.45) is 0 Å². The fraction of sp³-hybridized carbons (Fsp3) is 0.333. The minimum Gasteiger partial charge on any atom is -0.507 e. The molecule has 152 valence electrons. The Bertz CT molecular complexity index is 995. The second kappa shape index (κ2) is 7.88. The molecule has 1 aromatic carbocycles. The first-order valence-corrected chi connectivity index (χ1v) is 10.1. The maximum absolute atomic E-state index is 12.9. The van der Waals surface area contributed by atoms with Gasteiger partial charge in [0.25, 0.3) is 11.7 Å². The molecule has 0 spiro atoms. The Morgan fingerprint density at radius 2 is 2.07 bits per heavy atom. The van der Waals surface area contributed by atoms with E-state index in [-0.39, 0.29) is 18.1 Å². The van der Waals surface area contributed by atoms with Crippen LogP contribution < -0.4 is 9.47 Å². The van der Waals surface area contributed by atoms with Gasteiger partial charge in [0.05, 0.1) is 11.6 Å². The Kier molecular flexibility index (Phi) is 5.29. The quantitative estimate of drug-likeness (QED) is 0.337. The molecule has 2 aliphatic heterocycles. The summed E-state index contributed by atoms with van der Waals surface area (Å²) in [7, 11) is 1.59. The monoisotopic (exact) mass is 415 g/mol. The molecule has 1 saturated heterocycles. The molecule has 0 radical (unpaired) electrons. The zero-order chi connectivity index (χ0) is 20.5. The fourth-order valence-corrected chi connectivity index (χ4v) is 4.67. The van der Waals surface area contributed by atoms with E-state index < -0.39 is 17.7 Å². The number of Topliss-reactive ketones (excluding diaryl/α,β-unsaturated/α-hetero) is 1. The highest BCUT2D eigenvalue weighted by molar-refractivity contribution is 7.10. The average Bonchev–Trinajstić information content (AvgIpc) is 3.41. The highest BCUT2D eigenvalue weighted by atomic mass is 32.1. The van der Waals surface area contributed by atoms with E-state index in [0.717, 1.165) is 10.4 Å². The van der Waals surface area contributed by atoms with Crippen LogP contribution in [0.2, 0.25) is 0 Å².